The summed E-state index contributed by atoms with van der Waals surface area (Å²) < 4.78 is 13.1. The van der Waals surface area contributed by atoms with Gasteiger partial charge in [-0.2, -0.15) is 0 Å². The predicted octanol–water partition coefficient (Wildman–Crippen LogP) is 5.17. The highest BCUT2D eigenvalue weighted by molar-refractivity contribution is 8.04. The molecule has 0 saturated heterocycles. The van der Waals surface area contributed by atoms with Gasteiger partial charge in [0.2, 0.25) is 0 Å². The summed E-state index contributed by atoms with van der Waals surface area (Å²) in [6, 6.07) is 10.5. The van der Waals surface area contributed by atoms with Gasteiger partial charge in [0.05, 0.1) is 22.0 Å². The van der Waals surface area contributed by atoms with Crippen LogP contribution in [-0.4, -0.2) is 22.5 Å². The van der Waals surface area contributed by atoms with E-state index in [1.54, 1.807) is 30.3 Å². The molecule has 1 heterocycles. The van der Waals surface area contributed by atoms with E-state index >= 15 is 0 Å². The van der Waals surface area contributed by atoms with Gasteiger partial charge in [0, 0.05) is 10.6 Å². The summed E-state index contributed by atoms with van der Waals surface area (Å²) in [6.07, 6.45) is 0. The lowest BCUT2D eigenvalue weighted by Gasteiger charge is -2.15. The van der Waals surface area contributed by atoms with Crippen LogP contribution < -0.4 is 0 Å². The molecule has 3 rings (SSSR count). The number of carbonyl (C=O) groups excluding carboxylic acids is 2. The van der Waals surface area contributed by atoms with Crippen molar-refractivity contribution >= 4 is 52.4 Å². The SMILES string of the molecule is CCSC1=C(c2ccc(Cl)cc2Cl)C(=O)N(Cc2ccc(F)cc2)C1=O. The van der Waals surface area contributed by atoms with Crippen molar-refractivity contribution in [2.75, 3.05) is 5.75 Å². The van der Waals surface area contributed by atoms with E-state index in [2.05, 4.69) is 0 Å². The minimum Gasteiger partial charge on any atom is -0.269 e. The summed E-state index contributed by atoms with van der Waals surface area (Å²) >= 11 is 13.5. The van der Waals surface area contributed by atoms with Crippen LogP contribution in [0.5, 0.6) is 0 Å². The first-order chi connectivity index (χ1) is 12.4. The molecule has 0 saturated carbocycles. The van der Waals surface area contributed by atoms with Crippen LogP contribution in [0.2, 0.25) is 10.0 Å². The second-order valence-corrected chi connectivity index (χ2v) is 7.70. The summed E-state index contributed by atoms with van der Waals surface area (Å²) in [7, 11) is 0. The number of hydrogen-bond acceptors (Lipinski definition) is 3. The third kappa shape index (κ3) is 3.65. The molecule has 26 heavy (non-hydrogen) atoms. The fourth-order valence-electron chi connectivity index (χ4n) is 2.68. The van der Waals surface area contributed by atoms with Crippen molar-refractivity contribution in [3.8, 4) is 0 Å². The zero-order chi connectivity index (χ0) is 18.8. The van der Waals surface area contributed by atoms with E-state index in [1.165, 1.54) is 23.9 Å². The molecule has 0 radical (unpaired) electrons. The van der Waals surface area contributed by atoms with Crippen molar-refractivity contribution in [1.82, 2.24) is 4.90 Å². The highest BCUT2D eigenvalue weighted by Crippen LogP contribution is 2.39. The van der Waals surface area contributed by atoms with Gasteiger partial charge in [-0.3, -0.25) is 14.5 Å². The van der Waals surface area contributed by atoms with Crippen LogP contribution in [0.4, 0.5) is 4.39 Å². The van der Waals surface area contributed by atoms with E-state index in [1.807, 2.05) is 6.92 Å². The zero-order valence-corrected chi connectivity index (χ0v) is 16.1. The van der Waals surface area contributed by atoms with Crippen molar-refractivity contribution < 1.29 is 14.0 Å². The quantitative estimate of drug-likeness (QED) is 0.639. The number of halogens is 3. The molecule has 2 aromatic carbocycles. The zero-order valence-electron chi connectivity index (χ0n) is 13.8. The highest BCUT2D eigenvalue weighted by atomic mass is 35.5. The van der Waals surface area contributed by atoms with E-state index in [0.717, 1.165) is 4.90 Å². The first kappa shape index (κ1) is 19.0. The number of thioether (sulfide) groups is 1. The number of carbonyl (C=O) groups is 2. The summed E-state index contributed by atoms with van der Waals surface area (Å²) in [5, 5.41) is 0.760. The van der Waals surface area contributed by atoms with Gasteiger partial charge in [0.1, 0.15) is 5.82 Å². The molecule has 1 aliphatic heterocycles. The second-order valence-electron chi connectivity index (χ2n) is 5.58. The van der Waals surface area contributed by atoms with Crippen molar-refractivity contribution in [1.29, 1.82) is 0 Å². The van der Waals surface area contributed by atoms with E-state index in [4.69, 9.17) is 23.2 Å². The molecule has 1 aliphatic rings. The Balaban J connectivity index is 1.99. The molecule has 0 atom stereocenters. The molecule has 0 bridgehead atoms. The van der Waals surface area contributed by atoms with Gasteiger partial charge in [-0.05, 0) is 35.6 Å². The molecular weight excluding hydrogens is 396 g/mol. The molecular formula is C19H14Cl2FNO2S. The molecule has 134 valence electrons. The largest absolute Gasteiger partial charge is 0.269 e. The fourth-order valence-corrected chi connectivity index (χ4v) is 4.04. The average molecular weight is 410 g/mol. The third-order valence-corrected chi connectivity index (χ3v) is 5.37. The number of hydrogen-bond donors (Lipinski definition) is 0. The van der Waals surface area contributed by atoms with Gasteiger partial charge >= 0.3 is 0 Å². The number of imide groups is 1. The summed E-state index contributed by atoms with van der Waals surface area (Å²) in [5.74, 6) is -0.526. The van der Waals surface area contributed by atoms with E-state index in [-0.39, 0.29) is 23.8 Å². The van der Waals surface area contributed by atoms with Gasteiger partial charge in [-0.1, -0.05) is 48.3 Å². The number of nitrogens with zero attached hydrogens (tertiary/aromatic N) is 1. The topological polar surface area (TPSA) is 37.4 Å². The van der Waals surface area contributed by atoms with Crippen molar-refractivity contribution in [2.24, 2.45) is 0 Å². The summed E-state index contributed by atoms with van der Waals surface area (Å²) in [6.45, 7) is 1.97. The smallest absolute Gasteiger partial charge is 0.268 e. The van der Waals surface area contributed by atoms with Gasteiger partial charge in [-0.25, -0.2) is 4.39 Å². The van der Waals surface area contributed by atoms with Gasteiger partial charge in [-0.15, -0.1) is 11.8 Å². The second kappa shape index (κ2) is 7.82. The van der Waals surface area contributed by atoms with Crippen molar-refractivity contribution in [3.05, 3.63) is 74.4 Å². The average Bonchev–Trinajstić information content (AvgIpc) is 2.82. The number of rotatable bonds is 5. The van der Waals surface area contributed by atoms with Crippen LogP contribution >= 0.6 is 35.0 Å². The molecule has 0 unspecified atom stereocenters. The first-order valence-electron chi connectivity index (χ1n) is 7.85. The van der Waals surface area contributed by atoms with Crippen LogP contribution in [-0.2, 0) is 16.1 Å². The van der Waals surface area contributed by atoms with Crippen LogP contribution in [0.3, 0.4) is 0 Å². The highest BCUT2D eigenvalue weighted by Gasteiger charge is 2.39. The maximum Gasteiger partial charge on any atom is 0.268 e. The number of amides is 2. The molecule has 2 aromatic rings. The lowest BCUT2D eigenvalue weighted by Crippen LogP contribution is -2.31. The van der Waals surface area contributed by atoms with E-state index in [9.17, 15) is 14.0 Å². The summed E-state index contributed by atoms with van der Waals surface area (Å²) in [5.41, 5.74) is 1.43. The minimum absolute atomic E-state index is 0.0699. The van der Waals surface area contributed by atoms with Crippen LogP contribution in [0, 0.1) is 5.82 Å². The lowest BCUT2D eigenvalue weighted by atomic mass is 10.1. The van der Waals surface area contributed by atoms with E-state index in [0.29, 0.717) is 31.8 Å². The van der Waals surface area contributed by atoms with Gasteiger partial charge < -0.3 is 0 Å². The predicted molar refractivity (Wildman–Crippen MR) is 103 cm³/mol. The Morgan fingerprint density at radius 3 is 2.35 bits per heavy atom. The molecule has 0 spiro atoms. The first-order valence-corrected chi connectivity index (χ1v) is 9.59. The molecule has 0 fully saturated rings. The Kier molecular flexibility index (Phi) is 5.70. The van der Waals surface area contributed by atoms with Crippen LogP contribution in [0.15, 0.2) is 47.4 Å². The fraction of sp³-hybridized carbons (Fsp3) is 0.158. The van der Waals surface area contributed by atoms with Crippen LogP contribution in [0.25, 0.3) is 5.57 Å². The Morgan fingerprint density at radius 1 is 1.04 bits per heavy atom. The maximum atomic E-state index is 13.1. The standard InChI is InChI=1S/C19H14Cl2FNO2S/c1-2-26-17-16(14-8-5-12(20)9-15(14)21)18(24)23(19(17)25)10-11-3-6-13(22)7-4-11/h3-9H,2,10H2,1H3. The Labute approximate surface area is 164 Å². The number of benzene rings is 2. The molecule has 7 heteroatoms. The monoisotopic (exact) mass is 409 g/mol. The summed E-state index contributed by atoms with van der Waals surface area (Å²) in [4.78, 5) is 27.3. The maximum absolute atomic E-state index is 13.1. The molecule has 0 aromatic heterocycles. The van der Waals surface area contributed by atoms with Crippen LogP contribution in [0.1, 0.15) is 18.1 Å². The van der Waals surface area contributed by atoms with Gasteiger partial charge in [0.25, 0.3) is 11.8 Å². The normalized spacial score (nSPS) is 14.5. The molecule has 0 aliphatic carbocycles. The molecule has 3 nitrogen and oxygen atoms in total. The molecule has 2 amide bonds. The Hall–Kier alpha value is -1.82. The Morgan fingerprint density at radius 2 is 1.73 bits per heavy atom. The Bertz CT molecular complexity index is 912. The van der Waals surface area contributed by atoms with E-state index < -0.39 is 5.91 Å². The van der Waals surface area contributed by atoms with Crippen molar-refractivity contribution in [2.45, 2.75) is 13.5 Å². The lowest BCUT2D eigenvalue weighted by molar-refractivity contribution is -0.137. The van der Waals surface area contributed by atoms with Crippen molar-refractivity contribution in [3.63, 3.8) is 0 Å². The molecule has 0 N–H and O–H groups in total. The van der Waals surface area contributed by atoms with Gasteiger partial charge in [0.15, 0.2) is 0 Å². The third-order valence-electron chi connectivity index (χ3n) is 3.87. The minimum atomic E-state index is -0.417.